The minimum absolute atomic E-state index is 0.0523. The van der Waals surface area contributed by atoms with Crippen LogP contribution in [0.15, 0.2) is 94.3 Å². The van der Waals surface area contributed by atoms with Gasteiger partial charge >= 0.3 is 0 Å². The Morgan fingerprint density at radius 3 is 2.30 bits per heavy atom. The number of benzene rings is 3. The molecule has 6 rings (SSSR count). The number of pyridine rings is 1. The van der Waals surface area contributed by atoms with Crippen LogP contribution in [0.3, 0.4) is 0 Å². The number of aromatic nitrogens is 2. The number of amides is 1. The van der Waals surface area contributed by atoms with Gasteiger partial charge in [0.15, 0.2) is 6.10 Å². The van der Waals surface area contributed by atoms with Crippen LogP contribution in [0.25, 0.3) is 10.9 Å². The van der Waals surface area contributed by atoms with Crippen LogP contribution in [0.2, 0.25) is 0 Å². The first-order chi connectivity index (χ1) is 24.4. The highest BCUT2D eigenvalue weighted by atomic mass is 16.4. The molecule has 0 saturated heterocycles. The predicted molar refractivity (Wildman–Crippen MR) is 194 cm³/mol. The highest BCUT2D eigenvalue weighted by Gasteiger charge is 2.17. The molecule has 0 aliphatic heterocycles. The number of oxazole rings is 1. The predicted octanol–water partition coefficient (Wildman–Crippen LogP) is 5.63. The van der Waals surface area contributed by atoms with Crippen molar-refractivity contribution in [2.24, 2.45) is 0 Å². The molecule has 0 radical (unpaired) electrons. The number of aromatic amines is 1. The summed E-state index contributed by atoms with van der Waals surface area (Å²) in [7, 11) is 0. The van der Waals surface area contributed by atoms with Crippen LogP contribution in [0.1, 0.15) is 85.5 Å². The molecule has 11 heteroatoms. The number of aliphatic hydroxyl groups is 2. The van der Waals surface area contributed by atoms with Crippen molar-refractivity contribution in [1.29, 1.82) is 0 Å². The first kappa shape index (κ1) is 36.5. The highest BCUT2D eigenvalue weighted by molar-refractivity contribution is 5.90. The van der Waals surface area contributed by atoms with Gasteiger partial charge in [0.2, 0.25) is 17.4 Å². The Morgan fingerprint density at radius 2 is 1.58 bits per heavy atom. The van der Waals surface area contributed by atoms with Gasteiger partial charge in [0.05, 0.1) is 17.8 Å². The number of hydrogen-bond acceptors (Lipinski definition) is 9. The molecule has 1 aliphatic rings. The van der Waals surface area contributed by atoms with Crippen molar-refractivity contribution < 1.29 is 24.5 Å². The number of carbonyl (C=O) groups is 1. The van der Waals surface area contributed by atoms with Gasteiger partial charge in [0.25, 0.3) is 0 Å². The highest BCUT2D eigenvalue weighted by Crippen LogP contribution is 2.28. The quantitative estimate of drug-likeness (QED) is 0.0734. The van der Waals surface area contributed by atoms with Gasteiger partial charge in [-0.25, -0.2) is 4.98 Å². The molecule has 11 nitrogen and oxygen atoms in total. The monoisotopic (exact) mass is 681 g/mol. The zero-order valence-electron chi connectivity index (χ0n) is 28.2. The first-order valence-electron chi connectivity index (χ1n) is 17.4. The Bertz CT molecular complexity index is 1820. The Morgan fingerprint density at radius 1 is 0.860 bits per heavy atom. The number of carbonyl (C=O) groups excluding carboxylic acids is 1. The number of fused-ring (bicyclic) bond motifs is 1. The molecule has 0 bridgehead atoms. The van der Waals surface area contributed by atoms with Crippen molar-refractivity contribution in [2.45, 2.75) is 70.1 Å². The van der Waals surface area contributed by atoms with Crippen LogP contribution < -0.4 is 21.5 Å². The van der Waals surface area contributed by atoms with E-state index in [0.717, 1.165) is 5.56 Å². The second-order valence-corrected chi connectivity index (χ2v) is 12.5. The number of anilines is 1. The fourth-order valence-electron chi connectivity index (χ4n) is 5.88. The molecule has 2 unspecified atom stereocenters. The van der Waals surface area contributed by atoms with E-state index in [2.05, 4.69) is 25.9 Å². The number of aromatic hydroxyl groups is 1. The lowest BCUT2D eigenvalue weighted by molar-refractivity contribution is -0.116. The van der Waals surface area contributed by atoms with Crippen LogP contribution >= 0.6 is 0 Å². The van der Waals surface area contributed by atoms with Gasteiger partial charge in [-0.3, -0.25) is 9.59 Å². The molecule has 3 aromatic carbocycles. The Kier molecular flexibility index (Phi) is 13.7. The molecule has 2 aromatic heterocycles. The van der Waals surface area contributed by atoms with E-state index in [4.69, 9.17) is 4.42 Å². The molecule has 0 spiro atoms. The van der Waals surface area contributed by atoms with Gasteiger partial charge in [0.1, 0.15) is 11.5 Å². The summed E-state index contributed by atoms with van der Waals surface area (Å²) in [4.78, 5) is 30.8. The summed E-state index contributed by atoms with van der Waals surface area (Å²) in [6.45, 7) is 1.86. The Balaban J connectivity index is 0.000000732. The van der Waals surface area contributed by atoms with Gasteiger partial charge in [-0.2, -0.15) is 0 Å². The lowest BCUT2D eigenvalue weighted by Crippen LogP contribution is -2.23. The van der Waals surface area contributed by atoms with Gasteiger partial charge in [0, 0.05) is 56.2 Å². The molecule has 1 fully saturated rings. The van der Waals surface area contributed by atoms with E-state index in [1.54, 1.807) is 18.3 Å². The fraction of sp³-hybridized carbons (Fsp3) is 0.359. The summed E-state index contributed by atoms with van der Waals surface area (Å²) >= 11 is 0. The van der Waals surface area contributed by atoms with Crippen molar-refractivity contribution in [2.75, 3.05) is 25.0 Å². The third-order valence-electron chi connectivity index (χ3n) is 8.67. The maximum Gasteiger partial charge on any atom is 0.248 e. The molecule has 5 aromatic rings. The van der Waals surface area contributed by atoms with Crippen molar-refractivity contribution in [1.82, 2.24) is 20.6 Å². The number of nitrogens with one attached hydrogen (secondary N) is 4. The largest absolute Gasteiger partial charge is 0.506 e. The van der Waals surface area contributed by atoms with Gasteiger partial charge in [-0.05, 0) is 41.0 Å². The lowest BCUT2D eigenvalue weighted by atomic mass is 10.0. The summed E-state index contributed by atoms with van der Waals surface area (Å²) in [6, 6.07) is 22.7. The second-order valence-electron chi connectivity index (χ2n) is 12.5. The van der Waals surface area contributed by atoms with Gasteiger partial charge in [-0.15, -0.1) is 0 Å². The smallest absolute Gasteiger partial charge is 0.248 e. The summed E-state index contributed by atoms with van der Waals surface area (Å²) in [5.41, 5.74) is 2.94. The lowest BCUT2D eigenvalue weighted by Gasteiger charge is -2.15. The van der Waals surface area contributed by atoms with E-state index < -0.39 is 12.2 Å². The van der Waals surface area contributed by atoms with Crippen molar-refractivity contribution >= 4 is 22.5 Å². The van der Waals surface area contributed by atoms with E-state index in [1.807, 2.05) is 54.6 Å². The van der Waals surface area contributed by atoms with Crippen LogP contribution in [-0.4, -0.2) is 50.8 Å². The summed E-state index contributed by atoms with van der Waals surface area (Å²) in [5, 5.41) is 41.1. The maximum absolute atomic E-state index is 12.4. The second kappa shape index (κ2) is 18.8. The van der Waals surface area contributed by atoms with Crippen LogP contribution in [0, 0.1) is 0 Å². The molecule has 2 heterocycles. The van der Waals surface area contributed by atoms with E-state index >= 15 is 0 Å². The number of phenolic OH excluding ortho intramolecular Hbond substituents is 1. The summed E-state index contributed by atoms with van der Waals surface area (Å²) < 4.78 is 5.68. The zero-order chi connectivity index (χ0) is 35.1. The minimum Gasteiger partial charge on any atom is -0.506 e. The van der Waals surface area contributed by atoms with Gasteiger partial charge in [-0.1, -0.05) is 87.1 Å². The Hall–Kier alpha value is -4.81. The van der Waals surface area contributed by atoms with Crippen molar-refractivity contribution in [3.8, 4) is 5.75 Å². The standard InChI is InChI=1S/C33H35N5O6.C6H12/c39-27-12-10-25(26-11-13-29(41)38-31(26)27)28(40)20-35-18-21-6-8-23(9-7-21)37-30(42)15-17-34-16-14-24-19-36-33(44-24)32(43)22-4-2-1-3-5-22;1-2-4-6-5-3-1/h1-13,19,28,32,34-35,39-40,43H,14-18,20H2,(H,37,42)(H,38,41);1-6H2. The van der Waals surface area contributed by atoms with E-state index in [9.17, 15) is 24.9 Å². The van der Waals surface area contributed by atoms with Crippen LogP contribution in [-0.2, 0) is 17.8 Å². The molecule has 7 N–H and O–H groups in total. The van der Waals surface area contributed by atoms with Crippen LogP contribution in [0.4, 0.5) is 5.69 Å². The zero-order valence-corrected chi connectivity index (χ0v) is 28.2. The normalized spacial score (nSPS) is 14.0. The number of phenols is 1. The summed E-state index contributed by atoms with van der Waals surface area (Å²) in [5.74, 6) is 0.750. The van der Waals surface area contributed by atoms with E-state index in [0.29, 0.717) is 66.0 Å². The molecular weight excluding hydrogens is 634 g/mol. The average molecular weight is 682 g/mol. The first-order valence-corrected chi connectivity index (χ1v) is 17.4. The SMILES string of the molecule is C1CCCCC1.O=C(CCNCCc1cnc(C(O)c2ccccc2)o1)Nc1ccc(CNCC(O)c2ccc(O)c3[nH]c(=O)ccc23)cc1. The third kappa shape index (κ3) is 10.8. The third-order valence-corrected chi connectivity index (χ3v) is 8.67. The number of rotatable bonds is 14. The molecule has 50 heavy (non-hydrogen) atoms. The molecule has 2 atom stereocenters. The maximum atomic E-state index is 12.4. The van der Waals surface area contributed by atoms with Gasteiger partial charge < -0.3 is 40.7 Å². The molecule has 1 aliphatic carbocycles. The summed E-state index contributed by atoms with van der Waals surface area (Å²) in [6.07, 6.45) is 9.73. The molecule has 1 amide bonds. The fourth-order valence-corrected chi connectivity index (χ4v) is 5.88. The number of aliphatic hydroxyl groups excluding tert-OH is 2. The minimum atomic E-state index is -0.910. The number of H-pyrrole nitrogens is 1. The molecule has 1 saturated carbocycles. The number of nitrogens with zero attached hydrogens (tertiary/aromatic N) is 1. The van der Waals surface area contributed by atoms with Crippen molar-refractivity contribution in [3.63, 3.8) is 0 Å². The topological polar surface area (TPSA) is 173 Å². The number of hydrogen-bond donors (Lipinski definition) is 7. The van der Waals surface area contributed by atoms with E-state index in [1.165, 1.54) is 50.7 Å². The average Bonchev–Trinajstić information content (AvgIpc) is 3.62. The van der Waals surface area contributed by atoms with E-state index in [-0.39, 0.29) is 29.7 Å². The molecular formula is C39H47N5O6. The van der Waals surface area contributed by atoms with Crippen LogP contribution in [0.5, 0.6) is 5.75 Å². The van der Waals surface area contributed by atoms with Crippen molar-refractivity contribution in [3.05, 3.63) is 124 Å². The Labute approximate surface area is 291 Å². The molecule has 264 valence electrons.